The summed E-state index contributed by atoms with van der Waals surface area (Å²) in [5.74, 6) is 0.745. The van der Waals surface area contributed by atoms with Gasteiger partial charge in [-0.25, -0.2) is 0 Å². The van der Waals surface area contributed by atoms with E-state index in [-0.39, 0.29) is 29.9 Å². The monoisotopic (exact) mass is 436 g/mol. The molecule has 0 unspecified atom stereocenters. The smallest absolute Gasteiger partial charge is 0.260 e. The zero-order valence-electron chi connectivity index (χ0n) is 20.2. The Morgan fingerprint density at radius 3 is 2.16 bits per heavy atom. The summed E-state index contributed by atoms with van der Waals surface area (Å²) in [6, 6.07) is 12.0. The molecule has 2 aromatic rings. The average molecular weight is 437 g/mol. The van der Waals surface area contributed by atoms with Gasteiger partial charge in [0.05, 0.1) is 0 Å². The first-order valence-electron chi connectivity index (χ1n) is 11.4. The molecule has 0 spiro atoms. The molecule has 2 aromatic carbocycles. The van der Waals surface area contributed by atoms with Crippen LogP contribution in [0.3, 0.4) is 0 Å². The molecule has 0 aliphatic carbocycles. The third-order valence-electron chi connectivity index (χ3n) is 6.41. The number of carbonyl (C=O) groups excluding carboxylic acids is 2. The Morgan fingerprint density at radius 2 is 1.56 bits per heavy atom. The van der Waals surface area contributed by atoms with Crippen LogP contribution >= 0.6 is 0 Å². The maximum absolute atomic E-state index is 12.7. The topological polar surface area (TPSA) is 58.6 Å². The molecule has 1 aliphatic heterocycles. The molecule has 5 nitrogen and oxygen atoms in total. The maximum atomic E-state index is 12.7. The predicted octanol–water partition coefficient (Wildman–Crippen LogP) is 4.71. The van der Waals surface area contributed by atoms with E-state index >= 15 is 0 Å². The van der Waals surface area contributed by atoms with Gasteiger partial charge in [-0.15, -0.1) is 0 Å². The molecule has 1 heterocycles. The molecule has 0 bridgehead atoms. The summed E-state index contributed by atoms with van der Waals surface area (Å²) in [4.78, 5) is 27.1. The van der Waals surface area contributed by atoms with E-state index in [1.807, 2.05) is 56.0 Å². The molecule has 1 N–H and O–H groups in total. The first kappa shape index (κ1) is 23.8. The second-order valence-electron chi connectivity index (χ2n) is 9.90. The molecule has 1 saturated heterocycles. The molecule has 1 aliphatic rings. The molecule has 0 atom stereocenters. The molecule has 172 valence electrons. The van der Waals surface area contributed by atoms with Crippen LogP contribution in [0.1, 0.15) is 66.2 Å². The van der Waals surface area contributed by atoms with E-state index in [1.54, 1.807) is 0 Å². The Hall–Kier alpha value is -2.82. The molecule has 0 radical (unpaired) electrons. The molecule has 32 heavy (non-hydrogen) atoms. The third-order valence-corrected chi connectivity index (χ3v) is 6.41. The van der Waals surface area contributed by atoms with Crippen LogP contribution in [0.4, 0.5) is 0 Å². The van der Waals surface area contributed by atoms with Crippen molar-refractivity contribution in [2.45, 2.75) is 65.8 Å². The van der Waals surface area contributed by atoms with Crippen molar-refractivity contribution >= 4 is 11.8 Å². The van der Waals surface area contributed by atoms with Crippen molar-refractivity contribution in [3.8, 4) is 5.75 Å². The fraction of sp³-hybridized carbons (Fsp3) is 0.481. The van der Waals surface area contributed by atoms with Crippen molar-refractivity contribution in [2.75, 3.05) is 19.7 Å². The van der Waals surface area contributed by atoms with Crippen LogP contribution in [0.5, 0.6) is 5.75 Å². The number of ether oxygens (including phenoxy) is 1. The first-order valence-corrected chi connectivity index (χ1v) is 11.4. The van der Waals surface area contributed by atoms with E-state index in [0.29, 0.717) is 18.7 Å². The van der Waals surface area contributed by atoms with Crippen LogP contribution in [0, 0.1) is 20.8 Å². The molecular formula is C27H36N2O3. The normalized spacial score (nSPS) is 14.9. The lowest BCUT2D eigenvalue weighted by Gasteiger charge is -2.32. The number of hydrogen-bond acceptors (Lipinski definition) is 3. The number of carbonyl (C=O) groups is 2. The van der Waals surface area contributed by atoms with E-state index in [0.717, 1.165) is 35.3 Å². The Balaban J connectivity index is 1.48. The minimum Gasteiger partial charge on any atom is -0.483 e. The van der Waals surface area contributed by atoms with Gasteiger partial charge in [0.25, 0.3) is 11.8 Å². The van der Waals surface area contributed by atoms with Gasteiger partial charge in [-0.3, -0.25) is 9.59 Å². The van der Waals surface area contributed by atoms with Crippen LogP contribution in [-0.2, 0) is 10.2 Å². The van der Waals surface area contributed by atoms with Crippen molar-refractivity contribution in [3.63, 3.8) is 0 Å². The number of piperidine rings is 1. The number of likely N-dealkylation sites (tertiary alicyclic amines) is 1. The highest BCUT2D eigenvalue weighted by Crippen LogP contribution is 2.26. The Bertz CT molecular complexity index is 966. The minimum atomic E-state index is -0.0519. The van der Waals surface area contributed by atoms with Gasteiger partial charge < -0.3 is 15.0 Å². The number of rotatable bonds is 5. The first-order chi connectivity index (χ1) is 15.1. The molecule has 1 fully saturated rings. The number of amides is 2. The lowest BCUT2D eigenvalue weighted by Crippen LogP contribution is -2.47. The van der Waals surface area contributed by atoms with E-state index in [1.165, 1.54) is 5.56 Å². The quantitative estimate of drug-likeness (QED) is 0.739. The highest BCUT2D eigenvalue weighted by molar-refractivity contribution is 5.94. The van der Waals surface area contributed by atoms with Crippen LogP contribution in [0.25, 0.3) is 0 Å². The highest BCUT2D eigenvalue weighted by Gasteiger charge is 2.25. The number of benzene rings is 2. The Labute approximate surface area is 192 Å². The Morgan fingerprint density at radius 1 is 0.969 bits per heavy atom. The van der Waals surface area contributed by atoms with Crippen LogP contribution in [-0.4, -0.2) is 42.5 Å². The van der Waals surface area contributed by atoms with Crippen molar-refractivity contribution in [1.82, 2.24) is 10.2 Å². The minimum absolute atomic E-state index is 0.00662. The van der Waals surface area contributed by atoms with E-state index < -0.39 is 0 Å². The summed E-state index contributed by atoms with van der Waals surface area (Å²) in [6.07, 6.45) is 1.50. The van der Waals surface area contributed by atoms with Gasteiger partial charge in [0, 0.05) is 24.7 Å². The second-order valence-corrected chi connectivity index (χ2v) is 9.90. The summed E-state index contributed by atoms with van der Waals surface area (Å²) < 4.78 is 5.89. The molecule has 3 rings (SSSR count). The summed E-state index contributed by atoms with van der Waals surface area (Å²) in [6.45, 7) is 13.8. The van der Waals surface area contributed by atoms with Crippen molar-refractivity contribution in [1.29, 1.82) is 0 Å². The van der Waals surface area contributed by atoms with Crippen LogP contribution < -0.4 is 10.1 Å². The number of nitrogens with one attached hydrogen (secondary N) is 1. The number of hydrogen-bond donors (Lipinski definition) is 1. The van der Waals surface area contributed by atoms with E-state index in [2.05, 4.69) is 32.2 Å². The Kier molecular flexibility index (Phi) is 7.27. The number of aryl methyl sites for hydroxylation is 2. The van der Waals surface area contributed by atoms with Crippen molar-refractivity contribution in [2.24, 2.45) is 0 Å². The molecule has 5 heteroatoms. The fourth-order valence-electron chi connectivity index (χ4n) is 4.04. The SMILES string of the molecule is Cc1ccc(C)c(OCC(=O)N2CCC(NC(=O)c3ccc(C(C)(C)C)cc3)CC2)c1C. The zero-order chi connectivity index (χ0) is 23.5. The largest absolute Gasteiger partial charge is 0.483 e. The number of nitrogens with zero attached hydrogens (tertiary/aromatic N) is 1. The van der Waals surface area contributed by atoms with Gasteiger partial charge in [-0.05, 0) is 73.4 Å². The van der Waals surface area contributed by atoms with Crippen molar-refractivity contribution < 1.29 is 14.3 Å². The summed E-state index contributed by atoms with van der Waals surface area (Å²) in [7, 11) is 0. The third kappa shape index (κ3) is 5.70. The van der Waals surface area contributed by atoms with Crippen LogP contribution in [0.15, 0.2) is 36.4 Å². The molecule has 0 aromatic heterocycles. The highest BCUT2D eigenvalue weighted by atomic mass is 16.5. The summed E-state index contributed by atoms with van der Waals surface area (Å²) in [5.41, 5.74) is 5.22. The van der Waals surface area contributed by atoms with Gasteiger partial charge in [0.15, 0.2) is 6.61 Å². The lowest BCUT2D eigenvalue weighted by atomic mass is 9.86. The molecule has 2 amide bonds. The standard InChI is InChI=1S/C27H36N2O3/c1-18-7-8-19(2)25(20(18)3)32-17-24(30)29-15-13-23(14-16-29)28-26(31)21-9-11-22(12-10-21)27(4,5)6/h7-12,23H,13-17H2,1-6H3,(H,28,31). The van der Waals surface area contributed by atoms with E-state index in [9.17, 15) is 9.59 Å². The van der Waals surface area contributed by atoms with Gasteiger partial charge in [-0.2, -0.15) is 0 Å². The molecule has 0 saturated carbocycles. The molecular weight excluding hydrogens is 400 g/mol. The maximum Gasteiger partial charge on any atom is 0.260 e. The average Bonchev–Trinajstić information content (AvgIpc) is 2.76. The van der Waals surface area contributed by atoms with Gasteiger partial charge in [0.2, 0.25) is 0 Å². The zero-order valence-corrected chi connectivity index (χ0v) is 20.2. The second kappa shape index (κ2) is 9.76. The van der Waals surface area contributed by atoms with Gasteiger partial charge in [0.1, 0.15) is 5.75 Å². The van der Waals surface area contributed by atoms with Gasteiger partial charge >= 0.3 is 0 Å². The fourth-order valence-corrected chi connectivity index (χ4v) is 4.04. The summed E-state index contributed by atoms with van der Waals surface area (Å²) >= 11 is 0. The van der Waals surface area contributed by atoms with Gasteiger partial charge in [-0.1, -0.05) is 45.0 Å². The van der Waals surface area contributed by atoms with Crippen molar-refractivity contribution in [3.05, 3.63) is 64.2 Å². The summed E-state index contributed by atoms with van der Waals surface area (Å²) in [5, 5.41) is 3.12. The van der Waals surface area contributed by atoms with Crippen LogP contribution in [0.2, 0.25) is 0 Å². The predicted molar refractivity (Wildman–Crippen MR) is 128 cm³/mol. The van der Waals surface area contributed by atoms with E-state index in [4.69, 9.17) is 4.74 Å². The lowest BCUT2D eigenvalue weighted by molar-refractivity contribution is -0.134.